The van der Waals surface area contributed by atoms with E-state index in [1.807, 2.05) is 0 Å². The van der Waals surface area contributed by atoms with Gasteiger partial charge in [0, 0.05) is 31.3 Å². The van der Waals surface area contributed by atoms with Crippen molar-refractivity contribution >= 4 is 12.0 Å². The Balaban J connectivity index is 2.88. The minimum atomic E-state index is -0.510. The quantitative estimate of drug-likeness (QED) is 0.745. The van der Waals surface area contributed by atoms with Crippen molar-refractivity contribution in [2.45, 2.75) is 13.8 Å². The zero-order chi connectivity index (χ0) is 12.8. The average Bonchev–Trinajstić information content (AvgIpc) is 2.40. The van der Waals surface area contributed by atoms with Crippen molar-refractivity contribution in [2.24, 2.45) is 0 Å². The summed E-state index contributed by atoms with van der Waals surface area (Å²) in [4.78, 5) is 25.9. The highest BCUT2D eigenvalue weighted by molar-refractivity contribution is 5.90. The first-order chi connectivity index (χ1) is 8.10. The first kappa shape index (κ1) is 13.2. The summed E-state index contributed by atoms with van der Waals surface area (Å²) in [6.07, 6.45) is 3.81. The number of rotatable bonds is 3. The molecule has 0 saturated heterocycles. The van der Waals surface area contributed by atoms with Gasteiger partial charge in [0.15, 0.2) is 0 Å². The molecule has 1 aliphatic rings. The number of amides is 2. The fourth-order valence-electron chi connectivity index (χ4n) is 1.31. The van der Waals surface area contributed by atoms with Crippen molar-refractivity contribution < 1.29 is 19.1 Å². The number of hydrogen-bond acceptors (Lipinski definition) is 4. The lowest BCUT2D eigenvalue weighted by Crippen LogP contribution is -2.25. The lowest BCUT2D eigenvalue weighted by Gasteiger charge is -2.16. The highest BCUT2D eigenvalue weighted by atomic mass is 16.6. The van der Waals surface area contributed by atoms with Gasteiger partial charge in [0.05, 0.1) is 6.61 Å². The zero-order valence-electron chi connectivity index (χ0n) is 10.2. The van der Waals surface area contributed by atoms with Crippen LogP contribution in [0.1, 0.15) is 13.8 Å². The maximum Gasteiger partial charge on any atom is 0.418 e. The number of ether oxygens (including phenoxy) is 2. The summed E-state index contributed by atoms with van der Waals surface area (Å²) in [6, 6.07) is 0. The molecule has 0 aromatic heterocycles. The molecule has 0 N–H and O–H groups in total. The maximum atomic E-state index is 11.7. The summed E-state index contributed by atoms with van der Waals surface area (Å²) in [6.45, 7) is 3.80. The lowest BCUT2D eigenvalue weighted by atomic mass is 10.4. The molecule has 0 atom stereocenters. The normalized spacial score (nSPS) is 15.7. The van der Waals surface area contributed by atoms with E-state index in [9.17, 15) is 9.59 Å². The molecule has 94 valence electrons. The number of nitrogens with zero attached hydrogens (tertiary/aromatic N) is 2. The van der Waals surface area contributed by atoms with Crippen LogP contribution in [-0.2, 0) is 14.3 Å². The summed E-state index contributed by atoms with van der Waals surface area (Å²) < 4.78 is 9.75. The molecule has 0 saturated carbocycles. The monoisotopic (exact) mass is 240 g/mol. The first-order valence-electron chi connectivity index (χ1n) is 5.22. The summed E-state index contributed by atoms with van der Waals surface area (Å²) in [7, 11) is 1.49. The van der Waals surface area contributed by atoms with E-state index in [0.717, 1.165) is 0 Å². The van der Waals surface area contributed by atoms with Crippen LogP contribution in [0.3, 0.4) is 0 Å². The van der Waals surface area contributed by atoms with Gasteiger partial charge in [0.2, 0.25) is 0 Å². The molecule has 0 spiro atoms. The molecule has 17 heavy (non-hydrogen) atoms. The smallest absolute Gasteiger partial charge is 0.418 e. The highest BCUT2D eigenvalue weighted by Gasteiger charge is 2.20. The third kappa shape index (κ3) is 3.32. The largest absolute Gasteiger partial charge is 0.449 e. The number of hydrogen-bond donors (Lipinski definition) is 0. The van der Waals surface area contributed by atoms with Crippen molar-refractivity contribution in [1.82, 2.24) is 9.80 Å². The second-order valence-electron chi connectivity index (χ2n) is 3.38. The summed E-state index contributed by atoms with van der Waals surface area (Å²) >= 11 is 0. The summed E-state index contributed by atoms with van der Waals surface area (Å²) in [5.74, 6) is -0.243. The van der Waals surface area contributed by atoms with Crippen LogP contribution in [0, 0.1) is 0 Å². The predicted molar refractivity (Wildman–Crippen MR) is 60.5 cm³/mol. The zero-order valence-corrected chi connectivity index (χ0v) is 10.2. The molecule has 1 aliphatic heterocycles. The SMILES string of the molecule is CCOC(=O)N1C=CN(COC)C(=O)C=C1C. The van der Waals surface area contributed by atoms with Crippen molar-refractivity contribution in [3.8, 4) is 0 Å². The third-order valence-corrected chi connectivity index (χ3v) is 2.12. The molecule has 0 aliphatic carbocycles. The average molecular weight is 240 g/mol. The second-order valence-corrected chi connectivity index (χ2v) is 3.38. The van der Waals surface area contributed by atoms with Gasteiger partial charge in [-0.3, -0.25) is 14.6 Å². The molecule has 1 rings (SSSR count). The van der Waals surface area contributed by atoms with Crippen molar-refractivity contribution in [3.05, 3.63) is 24.2 Å². The summed E-state index contributed by atoms with van der Waals surface area (Å²) in [5, 5.41) is 0. The number of carbonyl (C=O) groups is 2. The predicted octanol–water partition coefficient (Wildman–Crippen LogP) is 1.27. The van der Waals surface area contributed by atoms with Gasteiger partial charge in [-0.15, -0.1) is 0 Å². The Bertz CT molecular complexity index is 362. The number of carbonyl (C=O) groups excluding carboxylic acids is 2. The molecule has 1 heterocycles. The fourth-order valence-corrected chi connectivity index (χ4v) is 1.31. The van der Waals surface area contributed by atoms with Crippen LogP contribution in [0.15, 0.2) is 24.2 Å². The topological polar surface area (TPSA) is 59.1 Å². The van der Waals surface area contributed by atoms with Gasteiger partial charge < -0.3 is 9.47 Å². The van der Waals surface area contributed by atoms with Gasteiger partial charge in [0.1, 0.15) is 6.73 Å². The van der Waals surface area contributed by atoms with Crippen LogP contribution < -0.4 is 0 Å². The fraction of sp³-hybridized carbons (Fsp3) is 0.455. The molecule has 0 fully saturated rings. The van der Waals surface area contributed by atoms with E-state index in [0.29, 0.717) is 5.70 Å². The Morgan fingerprint density at radius 2 is 2.12 bits per heavy atom. The second kappa shape index (κ2) is 6.05. The van der Waals surface area contributed by atoms with Crippen LogP contribution in [0.4, 0.5) is 4.79 Å². The van der Waals surface area contributed by atoms with Crippen LogP contribution in [-0.4, -0.2) is 42.2 Å². The van der Waals surface area contributed by atoms with E-state index in [1.54, 1.807) is 13.8 Å². The van der Waals surface area contributed by atoms with Gasteiger partial charge in [-0.2, -0.15) is 0 Å². The molecule has 0 aromatic carbocycles. The molecule has 6 heteroatoms. The van der Waals surface area contributed by atoms with Crippen LogP contribution in [0.2, 0.25) is 0 Å². The van der Waals surface area contributed by atoms with Gasteiger partial charge in [-0.25, -0.2) is 4.79 Å². The van der Waals surface area contributed by atoms with E-state index in [1.165, 1.54) is 35.4 Å². The molecule has 6 nitrogen and oxygen atoms in total. The van der Waals surface area contributed by atoms with E-state index in [2.05, 4.69) is 0 Å². The Hall–Kier alpha value is -1.82. The van der Waals surface area contributed by atoms with Gasteiger partial charge in [-0.1, -0.05) is 0 Å². The van der Waals surface area contributed by atoms with E-state index in [-0.39, 0.29) is 19.2 Å². The van der Waals surface area contributed by atoms with E-state index in [4.69, 9.17) is 9.47 Å². The Labute approximate surface area is 100 Å². The Kier molecular flexibility index (Phi) is 4.71. The Morgan fingerprint density at radius 3 is 2.71 bits per heavy atom. The van der Waals surface area contributed by atoms with Crippen molar-refractivity contribution in [2.75, 3.05) is 20.4 Å². The number of allylic oxidation sites excluding steroid dienone is 1. The van der Waals surface area contributed by atoms with Gasteiger partial charge in [-0.05, 0) is 13.8 Å². The van der Waals surface area contributed by atoms with Crippen LogP contribution in [0.25, 0.3) is 0 Å². The van der Waals surface area contributed by atoms with Crippen LogP contribution >= 0.6 is 0 Å². The van der Waals surface area contributed by atoms with E-state index >= 15 is 0 Å². The summed E-state index contributed by atoms with van der Waals surface area (Å²) in [5.41, 5.74) is 0.503. The highest BCUT2D eigenvalue weighted by Crippen LogP contribution is 2.12. The molecule has 2 amide bonds. The molecule has 0 aromatic rings. The molecular weight excluding hydrogens is 224 g/mol. The standard InChI is InChI=1S/C11H16N2O4/c1-4-17-11(15)13-6-5-12(8-16-3)10(14)7-9(13)2/h5-7H,4,8H2,1-3H3. The van der Waals surface area contributed by atoms with E-state index < -0.39 is 6.09 Å². The Morgan fingerprint density at radius 1 is 1.41 bits per heavy atom. The minimum Gasteiger partial charge on any atom is -0.449 e. The minimum absolute atomic E-state index is 0.135. The van der Waals surface area contributed by atoms with Gasteiger partial charge in [0.25, 0.3) is 5.91 Å². The third-order valence-electron chi connectivity index (χ3n) is 2.12. The molecule has 0 radical (unpaired) electrons. The first-order valence-corrected chi connectivity index (χ1v) is 5.22. The van der Waals surface area contributed by atoms with Crippen molar-refractivity contribution in [3.63, 3.8) is 0 Å². The van der Waals surface area contributed by atoms with Crippen LogP contribution in [0.5, 0.6) is 0 Å². The van der Waals surface area contributed by atoms with Gasteiger partial charge >= 0.3 is 6.09 Å². The molecular formula is C11H16N2O4. The lowest BCUT2D eigenvalue weighted by molar-refractivity contribution is -0.127. The maximum absolute atomic E-state index is 11.7. The molecule has 0 unspecified atom stereocenters. The number of methoxy groups -OCH3 is 1. The molecule has 0 bridgehead atoms. The van der Waals surface area contributed by atoms with Crippen molar-refractivity contribution in [1.29, 1.82) is 0 Å².